The highest BCUT2D eigenvalue weighted by atomic mass is 32.2. The molecule has 112 valence electrons. The molecular formula is C17H16N2O2S. The maximum absolute atomic E-state index is 11.5. The highest BCUT2D eigenvalue weighted by Gasteiger charge is 2.10. The van der Waals surface area contributed by atoms with E-state index < -0.39 is 9.84 Å². The summed E-state index contributed by atoms with van der Waals surface area (Å²) in [5, 5.41) is 7.16. The van der Waals surface area contributed by atoms with Crippen LogP contribution in [-0.4, -0.2) is 24.9 Å². The number of rotatable bonds is 4. The number of sulfone groups is 1. The SMILES string of the molecule is CS(=O)(=O)c1ccc(Cc2cn[nH]c2-c2ccccc2)cc1. The summed E-state index contributed by atoms with van der Waals surface area (Å²) in [5.74, 6) is 0. The van der Waals surface area contributed by atoms with Crippen molar-refractivity contribution < 1.29 is 8.42 Å². The van der Waals surface area contributed by atoms with Crippen molar-refractivity contribution in [3.05, 3.63) is 71.9 Å². The van der Waals surface area contributed by atoms with Gasteiger partial charge < -0.3 is 0 Å². The molecule has 1 aromatic heterocycles. The third kappa shape index (κ3) is 3.09. The smallest absolute Gasteiger partial charge is 0.175 e. The van der Waals surface area contributed by atoms with E-state index >= 15 is 0 Å². The van der Waals surface area contributed by atoms with Gasteiger partial charge in [-0.2, -0.15) is 5.10 Å². The quantitative estimate of drug-likeness (QED) is 0.805. The second kappa shape index (κ2) is 5.77. The second-order valence-corrected chi connectivity index (χ2v) is 7.24. The molecule has 22 heavy (non-hydrogen) atoms. The van der Waals surface area contributed by atoms with E-state index in [1.165, 1.54) is 6.26 Å². The van der Waals surface area contributed by atoms with Gasteiger partial charge >= 0.3 is 0 Å². The number of H-pyrrole nitrogens is 1. The van der Waals surface area contributed by atoms with Gasteiger partial charge in [0.15, 0.2) is 9.84 Å². The molecule has 0 saturated heterocycles. The molecule has 1 heterocycles. The number of nitrogens with zero attached hydrogens (tertiary/aromatic N) is 1. The molecular weight excluding hydrogens is 296 g/mol. The molecule has 3 rings (SSSR count). The van der Waals surface area contributed by atoms with Gasteiger partial charge in [-0.05, 0) is 23.3 Å². The Kier molecular flexibility index (Phi) is 3.81. The normalized spacial score (nSPS) is 11.5. The van der Waals surface area contributed by atoms with Gasteiger partial charge in [-0.3, -0.25) is 5.10 Å². The zero-order chi connectivity index (χ0) is 15.6. The van der Waals surface area contributed by atoms with Crippen molar-refractivity contribution in [3.8, 4) is 11.3 Å². The third-order valence-electron chi connectivity index (χ3n) is 3.53. The third-order valence-corrected chi connectivity index (χ3v) is 4.65. The van der Waals surface area contributed by atoms with Crippen LogP contribution in [0.3, 0.4) is 0 Å². The molecule has 0 unspecified atom stereocenters. The first-order valence-electron chi connectivity index (χ1n) is 6.91. The number of hydrogen-bond acceptors (Lipinski definition) is 3. The summed E-state index contributed by atoms with van der Waals surface area (Å²) < 4.78 is 23.0. The molecule has 0 spiro atoms. The molecule has 0 atom stereocenters. The van der Waals surface area contributed by atoms with Gasteiger partial charge in [0.05, 0.1) is 16.8 Å². The fourth-order valence-electron chi connectivity index (χ4n) is 2.37. The van der Waals surface area contributed by atoms with Crippen molar-refractivity contribution >= 4 is 9.84 Å². The number of nitrogens with one attached hydrogen (secondary N) is 1. The van der Waals surface area contributed by atoms with E-state index in [0.717, 1.165) is 22.4 Å². The van der Waals surface area contributed by atoms with Crippen molar-refractivity contribution in [1.82, 2.24) is 10.2 Å². The Morgan fingerprint density at radius 2 is 1.68 bits per heavy atom. The van der Waals surface area contributed by atoms with Crippen LogP contribution < -0.4 is 0 Å². The van der Waals surface area contributed by atoms with E-state index in [1.54, 1.807) is 12.1 Å². The van der Waals surface area contributed by atoms with Crippen LogP contribution in [0.4, 0.5) is 0 Å². The van der Waals surface area contributed by atoms with Crippen LogP contribution in [0.5, 0.6) is 0 Å². The Bertz CT molecular complexity index is 867. The van der Waals surface area contributed by atoms with Crippen LogP contribution in [0, 0.1) is 0 Å². The van der Waals surface area contributed by atoms with Crippen LogP contribution in [0.15, 0.2) is 65.7 Å². The number of benzene rings is 2. The molecule has 3 aromatic rings. The first kappa shape index (κ1) is 14.5. The minimum atomic E-state index is -3.15. The highest BCUT2D eigenvalue weighted by molar-refractivity contribution is 7.90. The highest BCUT2D eigenvalue weighted by Crippen LogP contribution is 2.23. The molecule has 0 fully saturated rings. The van der Waals surface area contributed by atoms with Gasteiger partial charge in [0, 0.05) is 18.2 Å². The van der Waals surface area contributed by atoms with Crippen LogP contribution in [0.2, 0.25) is 0 Å². The fourth-order valence-corrected chi connectivity index (χ4v) is 3.00. The van der Waals surface area contributed by atoms with Gasteiger partial charge in [0.2, 0.25) is 0 Å². The van der Waals surface area contributed by atoms with Crippen molar-refractivity contribution in [2.24, 2.45) is 0 Å². The average Bonchev–Trinajstić information content (AvgIpc) is 2.96. The van der Waals surface area contributed by atoms with Gasteiger partial charge in [-0.25, -0.2) is 8.42 Å². The molecule has 0 saturated carbocycles. The summed E-state index contributed by atoms with van der Waals surface area (Å²) in [6.07, 6.45) is 3.73. The number of aromatic nitrogens is 2. The zero-order valence-corrected chi connectivity index (χ0v) is 13.0. The summed E-state index contributed by atoms with van der Waals surface area (Å²) in [5.41, 5.74) is 4.21. The molecule has 0 radical (unpaired) electrons. The largest absolute Gasteiger partial charge is 0.278 e. The fraction of sp³-hybridized carbons (Fsp3) is 0.118. The first-order valence-corrected chi connectivity index (χ1v) is 8.80. The Balaban J connectivity index is 1.87. The molecule has 4 nitrogen and oxygen atoms in total. The van der Waals surface area contributed by atoms with Gasteiger partial charge in [-0.15, -0.1) is 0 Å². The standard InChI is InChI=1S/C17H16N2O2S/c1-22(20,21)16-9-7-13(8-10-16)11-15-12-18-19-17(15)14-5-3-2-4-6-14/h2-10,12H,11H2,1H3,(H,18,19). The maximum Gasteiger partial charge on any atom is 0.175 e. The van der Waals surface area contributed by atoms with Gasteiger partial charge in [-0.1, -0.05) is 42.5 Å². The Labute approximate surface area is 129 Å². The molecule has 0 aliphatic carbocycles. The zero-order valence-electron chi connectivity index (χ0n) is 12.2. The molecule has 0 amide bonds. The molecule has 0 aliphatic heterocycles. The summed E-state index contributed by atoms with van der Waals surface area (Å²) >= 11 is 0. The lowest BCUT2D eigenvalue weighted by atomic mass is 10.0. The molecule has 2 aromatic carbocycles. The van der Waals surface area contributed by atoms with Crippen LogP contribution in [0.25, 0.3) is 11.3 Å². The van der Waals surface area contributed by atoms with E-state index in [-0.39, 0.29) is 0 Å². The lowest BCUT2D eigenvalue weighted by Gasteiger charge is -2.05. The van der Waals surface area contributed by atoms with Gasteiger partial charge in [0.25, 0.3) is 0 Å². The summed E-state index contributed by atoms with van der Waals surface area (Å²) in [7, 11) is -3.15. The summed E-state index contributed by atoms with van der Waals surface area (Å²) in [6, 6.07) is 17.0. The molecule has 0 aliphatic rings. The van der Waals surface area contributed by atoms with Crippen molar-refractivity contribution in [1.29, 1.82) is 0 Å². The van der Waals surface area contributed by atoms with E-state index in [4.69, 9.17) is 0 Å². The number of hydrogen-bond donors (Lipinski definition) is 1. The van der Waals surface area contributed by atoms with Gasteiger partial charge in [0.1, 0.15) is 0 Å². The van der Waals surface area contributed by atoms with Crippen LogP contribution in [0.1, 0.15) is 11.1 Å². The summed E-state index contributed by atoms with van der Waals surface area (Å²) in [6.45, 7) is 0. The maximum atomic E-state index is 11.5. The minimum Gasteiger partial charge on any atom is -0.278 e. The Morgan fingerprint density at radius 3 is 2.32 bits per heavy atom. The van der Waals surface area contributed by atoms with E-state index in [2.05, 4.69) is 10.2 Å². The monoisotopic (exact) mass is 312 g/mol. The van der Waals surface area contributed by atoms with Crippen molar-refractivity contribution in [3.63, 3.8) is 0 Å². The van der Waals surface area contributed by atoms with E-state index in [1.807, 2.05) is 48.7 Å². The minimum absolute atomic E-state index is 0.340. The second-order valence-electron chi connectivity index (χ2n) is 5.23. The molecule has 1 N–H and O–H groups in total. The average molecular weight is 312 g/mol. The van der Waals surface area contributed by atoms with Crippen LogP contribution >= 0.6 is 0 Å². The summed E-state index contributed by atoms with van der Waals surface area (Å²) in [4.78, 5) is 0.340. The van der Waals surface area contributed by atoms with Crippen molar-refractivity contribution in [2.45, 2.75) is 11.3 Å². The van der Waals surface area contributed by atoms with E-state index in [9.17, 15) is 8.42 Å². The van der Waals surface area contributed by atoms with E-state index in [0.29, 0.717) is 11.3 Å². The molecule has 5 heteroatoms. The Morgan fingerprint density at radius 1 is 1.00 bits per heavy atom. The van der Waals surface area contributed by atoms with Crippen LogP contribution in [-0.2, 0) is 16.3 Å². The predicted molar refractivity (Wildman–Crippen MR) is 86.4 cm³/mol. The topological polar surface area (TPSA) is 62.8 Å². The predicted octanol–water partition coefficient (Wildman–Crippen LogP) is 3.07. The first-order chi connectivity index (χ1) is 10.5. The lowest BCUT2D eigenvalue weighted by Crippen LogP contribution is -1.97. The number of aromatic amines is 1. The van der Waals surface area contributed by atoms with Crippen molar-refractivity contribution in [2.75, 3.05) is 6.26 Å². The lowest BCUT2D eigenvalue weighted by molar-refractivity contribution is 0.602. The Hall–Kier alpha value is -2.40. The molecule has 0 bridgehead atoms.